The topological polar surface area (TPSA) is 22.1 Å². The Bertz CT molecular complexity index is 424. The summed E-state index contributed by atoms with van der Waals surface area (Å²) in [5.74, 6) is 0.921. The van der Waals surface area contributed by atoms with Gasteiger partial charge in [-0.15, -0.1) is 23.1 Å². The molecule has 0 N–H and O–H groups in total. The third-order valence-electron chi connectivity index (χ3n) is 1.78. The van der Waals surface area contributed by atoms with Gasteiger partial charge in [-0.1, -0.05) is 0 Å². The predicted octanol–water partition coefficient (Wildman–Crippen LogP) is 3.03. The minimum Gasteiger partial charge on any atom is -0.495 e. The first-order valence-electron chi connectivity index (χ1n) is 3.81. The molecule has 0 saturated heterocycles. The van der Waals surface area contributed by atoms with Gasteiger partial charge >= 0.3 is 0 Å². The summed E-state index contributed by atoms with van der Waals surface area (Å²) in [6, 6.07) is 3.99. The van der Waals surface area contributed by atoms with Crippen molar-refractivity contribution in [1.82, 2.24) is 4.98 Å². The lowest BCUT2D eigenvalue weighted by Gasteiger charge is -2.02. The van der Waals surface area contributed by atoms with Gasteiger partial charge in [-0.2, -0.15) is 0 Å². The van der Waals surface area contributed by atoms with Crippen molar-refractivity contribution in [3.8, 4) is 5.75 Å². The molecule has 0 aliphatic heterocycles. The van der Waals surface area contributed by atoms with Gasteiger partial charge < -0.3 is 4.74 Å². The number of rotatable bonds is 2. The highest BCUT2D eigenvalue weighted by molar-refractivity contribution is 7.98. The SMILES string of the molecule is COc1cc(SC)nc2ccsc12. The van der Waals surface area contributed by atoms with E-state index in [9.17, 15) is 0 Å². The molecule has 2 nitrogen and oxygen atoms in total. The Morgan fingerprint density at radius 2 is 2.38 bits per heavy atom. The molecular formula is C9H9NOS2. The molecule has 13 heavy (non-hydrogen) atoms. The lowest BCUT2D eigenvalue weighted by Crippen LogP contribution is -1.86. The molecule has 2 heterocycles. The summed E-state index contributed by atoms with van der Waals surface area (Å²) < 4.78 is 6.41. The summed E-state index contributed by atoms with van der Waals surface area (Å²) in [5.41, 5.74) is 1.02. The molecule has 0 fully saturated rings. The minimum atomic E-state index is 0.921. The molecule has 0 bridgehead atoms. The maximum Gasteiger partial charge on any atom is 0.140 e. The number of ether oxygens (including phenoxy) is 1. The summed E-state index contributed by atoms with van der Waals surface area (Å²) >= 11 is 3.29. The fraction of sp³-hybridized carbons (Fsp3) is 0.222. The van der Waals surface area contributed by atoms with Crippen molar-refractivity contribution < 1.29 is 4.74 Å². The Morgan fingerprint density at radius 3 is 3.08 bits per heavy atom. The monoisotopic (exact) mass is 211 g/mol. The van der Waals surface area contributed by atoms with E-state index in [4.69, 9.17) is 4.74 Å². The molecular weight excluding hydrogens is 202 g/mol. The zero-order chi connectivity index (χ0) is 9.26. The van der Waals surface area contributed by atoms with Crippen LogP contribution in [0.25, 0.3) is 10.2 Å². The van der Waals surface area contributed by atoms with E-state index in [1.54, 1.807) is 30.2 Å². The Morgan fingerprint density at radius 1 is 1.54 bits per heavy atom. The standard InChI is InChI=1S/C9H9NOS2/c1-11-7-5-8(12-2)10-6-3-4-13-9(6)7/h3-5H,1-2H3. The van der Waals surface area contributed by atoms with Gasteiger partial charge in [0.15, 0.2) is 0 Å². The molecule has 0 aromatic carbocycles. The van der Waals surface area contributed by atoms with Crippen LogP contribution in [-0.2, 0) is 0 Å². The maximum atomic E-state index is 5.29. The van der Waals surface area contributed by atoms with Crippen LogP contribution in [-0.4, -0.2) is 18.3 Å². The van der Waals surface area contributed by atoms with Gasteiger partial charge in [-0.05, 0) is 17.7 Å². The quantitative estimate of drug-likeness (QED) is 0.713. The molecule has 0 saturated carbocycles. The second-order valence-corrected chi connectivity index (χ2v) is 4.24. The van der Waals surface area contributed by atoms with Crippen molar-refractivity contribution in [2.45, 2.75) is 5.03 Å². The average molecular weight is 211 g/mol. The third-order valence-corrected chi connectivity index (χ3v) is 3.33. The van der Waals surface area contributed by atoms with Gasteiger partial charge in [-0.3, -0.25) is 0 Å². The van der Waals surface area contributed by atoms with E-state index in [1.807, 2.05) is 23.8 Å². The smallest absolute Gasteiger partial charge is 0.140 e. The molecule has 0 radical (unpaired) electrons. The number of hydrogen-bond acceptors (Lipinski definition) is 4. The summed E-state index contributed by atoms with van der Waals surface area (Å²) in [6.07, 6.45) is 2.01. The van der Waals surface area contributed by atoms with Crippen LogP contribution >= 0.6 is 23.1 Å². The van der Waals surface area contributed by atoms with Crippen LogP contribution in [0.5, 0.6) is 5.75 Å². The summed E-state index contributed by atoms with van der Waals surface area (Å²) in [7, 11) is 1.69. The molecule has 0 unspecified atom stereocenters. The van der Waals surface area contributed by atoms with Gasteiger partial charge in [0.05, 0.1) is 17.3 Å². The van der Waals surface area contributed by atoms with Crippen LogP contribution in [0.4, 0.5) is 0 Å². The van der Waals surface area contributed by atoms with Crippen LogP contribution in [0.1, 0.15) is 0 Å². The molecule has 0 atom stereocenters. The van der Waals surface area contributed by atoms with Crippen molar-refractivity contribution in [2.75, 3.05) is 13.4 Å². The largest absolute Gasteiger partial charge is 0.495 e. The lowest BCUT2D eigenvalue weighted by molar-refractivity contribution is 0.419. The maximum absolute atomic E-state index is 5.29. The Balaban J connectivity index is 2.70. The zero-order valence-corrected chi connectivity index (χ0v) is 9.04. The van der Waals surface area contributed by atoms with Crippen molar-refractivity contribution in [3.05, 3.63) is 17.5 Å². The second-order valence-electron chi connectivity index (χ2n) is 2.50. The highest BCUT2D eigenvalue weighted by Gasteiger charge is 2.06. The Labute approximate surface area is 84.9 Å². The summed E-state index contributed by atoms with van der Waals surface area (Å²) in [6.45, 7) is 0. The van der Waals surface area contributed by atoms with E-state index < -0.39 is 0 Å². The van der Waals surface area contributed by atoms with Gasteiger partial charge in [-0.25, -0.2) is 4.98 Å². The van der Waals surface area contributed by atoms with E-state index in [-0.39, 0.29) is 0 Å². The fourth-order valence-corrected chi connectivity index (χ4v) is 2.40. The van der Waals surface area contributed by atoms with Gasteiger partial charge in [0, 0.05) is 6.07 Å². The minimum absolute atomic E-state index is 0.921. The molecule has 0 amide bonds. The highest BCUT2D eigenvalue weighted by Crippen LogP contribution is 2.32. The van der Waals surface area contributed by atoms with Gasteiger partial charge in [0.25, 0.3) is 0 Å². The number of pyridine rings is 1. The molecule has 2 aromatic rings. The van der Waals surface area contributed by atoms with Crippen LogP contribution < -0.4 is 4.74 Å². The summed E-state index contributed by atoms with van der Waals surface area (Å²) in [4.78, 5) is 4.46. The van der Waals surface area contributed by atoms with Crippen LogP contribution in [0, 0.1) is 0 Å². The van der Waals surface area contributed by atoms with E-state index in [0.29, 0.717) is 0 Å². The van der Waals surface area contributed by atoms with Crippen LogP contribution in [0.2, 0.25) is 0 Å². The molecule has 68 valence electrons. The van der Waals surface area contributed by atoms with Crippen LogP contribution in [0.3, 0.4) is 0 Å². The first kappa shape index (κ1) is 8.84. The number of aromatic nitrogens is 1. The van der Waals surface area contributed by atoms with Gasteiger partial charge in [0.1, 0.15) is 10.8 Å². The number of nitrogens with zero attached hydrogens (tertiary/aromatic N) is 1. The zero-order valence-electron chi connectivity index (χ0n) is 7.40. The molecule has 4 heteroatoms. The lowest BCUT2D eigenvalue weighted by atomic mass is 10.4. The molecule has 2 rings (SSSR count). The molecule has 0 aliphatic rings. The number of thiophene rings is 1. The molecule has 0 spiro atoms. The van der Waals surface area contributed by atoms with Crippen molar-refractivity contribution >= 4 is 33.3 Å². The number of methoxy groups -OCH3 is 1. The predicted molar refractivity (Wildman–Crippen MR) is 58.0 cm³/mol. The van der Waals surface area contributed by atoms with Crippen molar-refractivity contribution in [1.29, 1.82) is 0 Å². The van der Waals surface area contributed by atoms with Crippen molar-refractivity contribution in [3.63, 3.8) is 0 Å². The number of hydrogen-bond donors (Lipinski definition) is 0. The van der Waals surface area contributed by atoms with Gasteiger partial charge in [0.2, 0.25) is 0 Å². The third kappa shape index (κ3) is 1.51. The van der Waals surface area contributed by atoms with Crippen molar-refractivity contribution in [2.24, 2.45) is 0 Å². The highest BCUT2D eigenvalue weighted by atomic mass is 32.2. The summed E-state index contributed by atoms with van der Waals surface area (Å²) in [5, 5.41) is 3.03. The molecule has 0 aliphatic carbocycles. The van der Waals surface area contributed by atoms with E-state index in [2.05, 4.69) is 4.98 Å². The van der Waals surface area contributed by atoms with E-state index in [0.717, 1.165) is 21.0 Å². The van der Waals surface area contributed by atoms with Crippen LogP contribution in [0.15, 0.2) is 22.5 Å². The van der Waals surface area contributed by atoms with E-state index in [1.165, 1.54) is 0 Å². The van der Waals surface area contributed by atoms with E-state index >= 15 is 0 Å². The average Bonchev–Trinajstić information content (AvgIpc) is 2.63. The first-order valence-corrected chi connectivity index (χ1v) is 5.92. The Hall–Kier alpha value is -0.740. The Kier molecular flexibility index (Phi) is 2.42. The second kappa shape index (κ2) is 3.55. The number of fused-ring (bicyclic) bond motifs is 1. The molecule has 2 aromatic heterocycles. The first-order chi connectivity index (χ1) is 6.35. The fourth-order valence-electron chi connectivity index (χ4n) is 1.16. The number of thioether (sulfide) groups is 1. The normalized spacial score (nSPS) is 10.6.